The van der Waals surface area contributed by atoms with Gasteiger partial charge in [-0.05, 0) is 35.4 Å². The summed E-state index contributed by atoms with van der Waals surface area (Å²) in [5.41, 5.74) is 1.06. The van der Waals surface area contributed by atoms with Gasteiger partial charge in [-0.1, -0.05) is 24.3 Å². The molecule has 1 saturated heterocycles. The van der Waals surface area contributed by atoms with Crippen molar-refractivity contribution in [3.05, 3.63) is 59.7 Å². The fraction of sp³-hybridized carbons (Fsp3) is 0.316. The molecule has 2 aromatic rings. The number of ether oxygens (including phenoxy) is 2. The van der Waals surface area contributed by atoms with E-state index in [4.69, 9.17) is 5.41 Å². The summed E-state index contributed by atoms with van der Waals surface area (Å²) in [5, 5.41) is 8.29. The molecule has 0 unspecified atom stereocenters. The second-order valence-electron chi connectivity index (χ2n) is 6.56. The van der Waals surface area contributed by atoms with Crippen LogP contribution in [-0.2, 0) is 13.1 Å². The van der Waals surface area contributed by atoms with Crippen LogP contribution in [0, 0.1) is 5.41 Å². The molecule has 3 rings (SSSR count). The SMILES string of the molecule is N=C1N(Cc2cccc(OC(F)(F)F)c2)CCN1Cc1cccc(OC(F)(F)F)c1. The number of hydrogen-bond donors (Lipinski definition) is 1. The molecule has 0 atom stereocenters. The fourth-order valence-electron chi connectivity index (χ4n) is 3.08. The van der Waals surface area contributed by atoms with Crippen LogP contribution in [0.25, 0.3) is 0 Å². The van der Waals surface area contributed by atoms with Crippen molar-refractivity contribution in [2.24, 2.45) is 0 Å². The molecule has 0 aliphatic carbocycles. The first-order valence-electron chi connectivity index (χ1n) is 8.76. The first-order chi connectivity index (χ1) is 14.0. The zero-order valence-electron chi connectivity index (χ0n) is 15.4. The van der Waals surface area contributed by atoms with Crippen LogP contribution in [0.2, 0.25) is 0 Å². The largest absolute Gasteiger partial charge is 0.573 e. The predicted molar refractivity (Wildman–Crippen MR) is 94.8 cm³/mol. The van der Waals surface area contributed by atoms with Gasteiger partial charge in [-0.25, -0.2) is 0 Å². The highest BCUT2D eigenvalue weighted by Crippen LogP contribution is 2.26. The summed E-state index contributed by atoms with van der Waals surface area (Å²) in [5.74, 6) is -0.563. The molecule has 0 amide bonds. The summed E-state index contributed by atoms with van der Waals surface area (Å²) >= 11 is 0. The minimum atomic E-state index is -4.79. The molecule has 1 N–H and O–H groups in total. The molecule has 0 radical (unpaired) electrons. The maximum Gasteiger partial charge on any atom is 0.573 e. The molecular formula is C19H17F6N3O2. The van der Waals surface area contributed by atoms with Crippen molar-refractivity contribution in [1.82, 2.24) is 9.80 Å². The van der Waals surface area contributed by atoms with Crippen molar-refractivity contribution < 1.29 is 35.8 Å². The number of benzene rings is 2. The number of nitrogens with zero attached hydrogens (tertiary/aromatic N) is 2. The molecule has 1 aliphatic heterocycles. The lowest BCUT2D eigenvalue weighted by Crippen LogP contribution is -2.32. The Hall–Kier alpha value is -3.11. The number of rotatable bonds is 6. The molecule has 11 heteroatoms. The minimum Gasteiger partial charge on any atom is -0.406 e. The average Bonchev–Trinajstić information content (AvgIpc) is 2.93. The normalized spacial score (nSPS) is 14.9. The zero-order chi connectivity index (χ0) is 21.9. The molecule has 1 aliphatic rings. The molecule has 5 nitrogen and oxygen atoms in total. The monoisotopic (exact) mass is 433 g/mol. The molecule has 1 heterocycles. The highest BCUT2D eigenvalue weighted by atomic mass is 19.4. The summed E-state index contributed by atoms with van der Waals surface area (Å²) in [6.45, 7) is 1.28. The Bertz CT molecular complexity index is 829. The van der Waals surface area contributed by atoms with Crippen LogP contribution in [-0.4, -0.2) is 41.6 Å². The van der Waals surface area contributed by atoms with E-state index in [9.17, 15) is 26.3 Å². The van der Waals surface area contributed by atoms with Crippen LogP contribution < -0.4 is 9.47 Å². The van der Waals surface area contributed by atoms with E-state index in [0.717, 1.165) is 0 Å². The molecule has 162 valence electrons. The predicted octanol–water partition coefficient (Wildman–Crippen LogP) is 4.74. The van der Waals surface area contributed by atoms with Gasteiger partial charge < -0.3 is 19.3 Å². The van der Waals surface area contributed by atoms with Crippen molar-refractivity contribution in [1.29, 1.82) is 5.41 Å². The summed E-state index contributed by atoms with van der Waals surface area (Å²) in [4.78, 5) is 3.31. The maximum absolute atomic E-state index is 12.4. The highest BCUT2D eigenvalue weighted by molar-refractivity contribution is 5.79. The van der Waals surface area contributed by atoms with E-state index in [0.29, 0.717) is 24.2 Å². The first-order valence-corrected chi connectivity index (χ1v) is 8.76. The molecule has 1 fully saturated rings. The van der Waals surface area contributed by atoms with Gasteiger partial charge in [0.15, 0.2) is 5.96 Å². The number of alkyl halides is 6. The Morgan fingerprint density at radius 2 is 1.13 bits per heavy atom. The summed E-state index contributed by atoms with van der Waals surface area (Å²) in [6.07, 6.45) is -9.58. The van der Waals surface area contributed by atoms with Gasteiger partial charge in [0, 0.05) is 26.2 Å². The third-order valence-corrected chi connectivity index (χ3v) is 4.25. The van der Waals surface area contributed by atoms with Gasteiger partial charge in [0.1, 0.15) is 11.5 Å². The van der Waals surface area contributed by atoms with E-state index < -0.39 is 12.7 Å². The van der Waals surface area contributed by atoms with Crippen molar-refractivity contribution in [2.45, 2.75) is 25.8 Å². The van der Waals surface area contributed by atoms with Crippen molar-refractivity contribution >= 4 is 5.96 Å². The van der Waals surface area contributed by atoms with Gasteiger partial charge in [0.25, 0.3) is 0 Å². The summed E-state index contributed by atoms with van der Waals surface area (Å²) < 4.78 is 82.0. The molecule has 0 bridgehead atoms. The van der Waals surface area contributed by atoms with Gasteiger partial charge in [-0.3, -0.25) is 5.41 Å². The van der Waals surface area contributed by atoms with Gasteiger partial charge in [-0.15, -0.1) is 26.3 Å². The number of hydrogen-bond acceptors (Lipinski definition) is 3. The van der Waals surface area contributed by atoms with Crippen LogP contribution in [0.1, 0.15) is 11.1 Å². The van der Waals surface area contributed by atoms with Crippen LogP contribution >= 0.6 is 0 Å². The van der Waals surface area contributed by atoms with Gasteiger partial charge in [0.2, 0.25) is 0 Å². The third-order valence-electron chi connectivity index (χ3n) is 4.25. The summed E-state index contributed by atoms with van der Waals surface area (Å²) in [6, 6.07) is 11.0. The van der Waals surface area contributed by atoms with Crippen molar-refractivity contribution in [2.75, 3.05) is 13.1 Å². The van der Waals surface area contributed by atoms with E-state index in [-0.39, 0.29) is 30.5 Å². The topological polar surface area (TPSA) is 48.8 Å². The van der Waals surface area contributed by atoms with Crippen LogP contribution in [0.4, 0.5) is 26.3 Å². The number of halogens is 6. The zero-order valence-corrected chi connectivity index (χ0v) is 15.4. The van der Waals surface area contributed by atoms with E-state index in [1.54, 1.807) is 21.9 Å². The molecule has 0 saturated carbocycles. The Kier molecular flexibility index (Phi) is 5.99. The Morgan fingerprint density at radius 3 is 1.50 bits per heavy atom. The Morgan fingerprint density at radius 1 is 0.733 bits per heavy atom. The minimum absolute atomic E-state index is 0.124. The van der Waals surface area contributed by atoms with Gasteiger partial charge in [-0.2, -0.15) is 0 Å². The Labute approximate surface area is 167 Å². The van der Waals surface area contributed by atoms with Gasteiger partial charge >= 0.3 is 12.7 Å². The van der Waals surface area contributed by atoms with Gasteiger partial charge in [0.05, 0.1) is 0 Å². The molecule has 0 aromatic heterocycles. The molecule has 2 aromatic carbocycles. The van der Waals surface area contributed by atoms with Crippen molar-refractivity contribution in [3.8, 4) is 11.5 Å². The number of nitrogens with one attached hydrogen (secondary N) is 1. The smallest absolute Gasteiger partial charge is 0.406 e. The lowest BCUT2D eigenvalue weighted by atomic mass is 10.2. The van der Waals surface area contributed by atoms with E-state index in [2.05, 4.69) is 9.47 Å². The molecule has 30 heavy (non-hydrogen) atoms. The quantitative estimate of drug-likeness (QED) is 0.669. The maximum atomic E-state index is 12.4. The standard InChI is InChI=1S/C19H17F6N3O2/c20-18(21,22)29-15-5-1-3-13(9-15)11-27-7-8-28(17(27)26)12-14-4-2-6-16(10-14)30-19(23,24)25/h1-6,9-10,26H,7-8,11-12H2. The fourth-order valence-corrected chi connectivity index (χ4v) is 3.08. The third kappa shape index (κ3) is 6.19. The summed E-state index contributed by atoms with van der Waals surface area (Å²) in [7, 11) is 0. The molecule has 0 spiro atoms. The van der Waals surface area contributed by atoms with Crippen LogP contribution in [0.5, 0.6) is 11.5 Å². The Balaban J connectivity index is 1.62. The molecular weight excluding hydrogens is 416 g/mol. The van der Waals surface area contributed by atoms with E-state index in [1.165, 1.54) is 36.4 Å². The average molecular weight is 433 g/mol. The lowest BCUT2D eigenvalue weighted by molar-refractivity contribution is -0.275. The van der Waals surface area contributed by atoms with E-state index >= 15 is 0 Å². The first kappa shape index (κ1) is 21.6. The second-order valence-corrected chi connectivity index (χ2v) is 6.56. The van der Waals surface area contributed by atoms with Crippen molar-refractivity contribution in [3.63, 3.8) is 0 Å². The van der Waals surface area contributed by atoms with E-state index in [1.807, 2.05) is 0 Å². The lowest BCUT2D eigenvalue weighted by Gasteiger charge is -2.22. The van der Waals surface area contributed by atoms with Crippen LogP contribution in [0.3, 0.4) is 0 Å². The van der Waals surface area contributed by atoms with Crippen LogP contribution in [0.15, 0.2) is 48.5 Å². The second kappa shape index (κ2) is 8.33. The highest BCUT2D eigenvalue weighted by Gasteiger charge is 2.32. The number of guanidine groups is 1.